The first-order valence-corrected chi connectivity index (χ1v) is 4.51. The fraction of sp³-hybridized carbons (Fsp3) is 0.364. The third-order valence-corrected chi connectivity index (χ3v) is 2.51. The Hall–Kier alpha value is -1.31. The van der Waals surface area contributed by atoms with Crippen molar-refractivity contribution < 1.29 is 0 Å². The molecule has 0 radical (unpaired) electrons. The summed E-state index contributed by atoms with van der Waals surface area (Å²) in [6.07, 6.45) is 0.933. The first-order chi connectivity index (χ1) is 6.07. The summed E-state index contributed by atoms with van der Waals surface area (Å²) in [5.74, 6) is 0.167. The molecule has 0 fully saturated rings. The van der Waals surface area contributed by atoms with Crippen molar-refractivity contribution in [2.45, 2.75) is 27.2 Å². The second-order valence-electron chi connectivity index (χ2n) is 3.30. The Bertz CT molecular complexity index is 340. The molecular weight excluding hydrogens is 160 g/mol. The monoisotopic (exact) mass is 176 g/mol. The van der Waals surface area contributed by atoms with E-state index >= 15 is 0 Å². The fourth-order valence-corrected chi connectivity index (χ4v) is 1.58. The maximum absolute atomic E-state index is 7.42. The Balaban J connectivity index is 3.38. The van der Waals surface area contributed by atoms with Gasteiger partial charge in [0.05, 0.1) is 0 Å². The minimum atomic E-state index is 0.167. The van der Waals surface area contributed by atoms with Crippen LogP contribution in [0.3, 0.4) is 0 Å². The molecule has 1 aromatic rings. The second-order valence-corrected chi connectivity index (χ2v) is 3.30. The highest BCUT2D eigenvalue weighted by atomic mass is 14.7. The summed E-state index contributed by atoms with van der Waals surface area (Å²) in [5.41, 5.74) is 10.1. The summed E-state index contributed by atoms with van der Waals surface area (Å²) in [7, 11) is 0. The van der Waals surface area contributed by atoms with E-state index in [9.17, 15) is 0 Å². The molecule has 0 aliphatic heterocycles. The second kappa shape index (κ2) is 3.60. The van der Waals surface area contributed by atoms with Crippen molar-refractivity contribution in [3.8, 4) is 0 Å². The number of nitrogens with one attached hydrogen (secondary N) is 1. The fourth-order valence-electron chi connectivity index (χ4n) is 1.58. The van der Waals surface area contributed by atoms with Gasteiger partial charge in [-0.25, -0.2) is 0 Å². The van der Waals surface area contributed by atoms with E-state index < -0.39 is 0 Å². The van der Waals surface area contributed by atoms with Gasteiger partial charge in [-0.1, -0.05) is 19.1 Å². The van der Waals surface area contributed by atoms with Gasteiger partial charge < -0.3 is 5.73 Å². The van der Waals surface area contributed by atoms with Crippen molar-refractivity contribution in [3.05, 3.63) is 34.4 Å². The Labute approximate surface area is 79.3 Å². The predicted molar refractivity (Wildman–Crippen MR) is 56.3 cm³/mol. The Morgan fingerprint density at radius 3 is 2.46 bits per heavy atom. The zero-order chi connectivity index (χ0) is 10.0. The summed E-state index contributed by atoms with van der Waals surface area (Å²) in [6.45, 7) is 6.26. The van der Waals surface area contributed by atoms with Gasteiger partial charge in [-0.2, -0.15) is 0 Å². The summed E-state index contributed by atoms with van der Waals surface area (Å²) >= 11 is 0. The number of benzene rings is 1. The van der Waals surface area contributed by atoms with E-state index in [0.717, 1.165) is 12.0 Å². The molecule has 2 heteroatoms. The average Bonchev–Trinajstić information content (AvgIpc) is 2.09. The number of nitrogen functional groups attached to an aromatic ring is 1. The van der Waals surface area contributed by atoms with Gasteiger partial charge in [0.1, 0.15) is 5.84 Å². The van der Waals surface area contributed by atoms with Gasteiger partial charge in [0, 0.05) is 5.56 Å². The maximum atomic E-state index is 7.42. The highest BCUT2D eigenvalue weighted by Gasteiger charge is 2.07. The van der Waals surface area contributed by atoms with Gasteiger partial charge in [0.2, 0.25) is 0 Å². The number of hydrogen-bond donors (Lipinski definition) is 2. The van der Waals surface area contributed by atoms with E-state index in [-0.39, 0.29) is 5.84 Å². The highest BCUT2D eigenvalue weighted by Crippen LogP contribution is 2.18. The standard InChI is InChI=1S/C11H16N2/c1-4-9-8(3)7(2)5-6-10(9)11(12)13/h5-6H,4H2,1-3H3,(H3,12,13). The molecule has 0 saturated heterocycles. The van der Waals surface area contributed by atoms with E-state index in [1.165, 1.54) is 16.7 Å². The zero-order valence-corrected chi connectivity index (χ0v) is 8.44. The summed E-state index contributed by atoms with van der Waals surface area (Å²) in [5, 5.41) is 7.42. The van der Waals surface area contributed by atoms with Crippen LogP contribution in [0.1, 0.15) is 29.2 Å². The molecule has 2 nitrogen and oxygen atoms in total. The molecule has 3 N–H and O–H groups in total. The summed E-state index contributed by atoms with van der Waals surface area (Å²) in [6, 6.07) is 3.95. The molecule has 0 amide bonds. The van der Waals surface area contributed by atoms with Crippen molar-refractivity contribution in [2.24, 2.45) is 5.73 Å². The SMILES string of the molecule is CCc1c(C(=N)N)ccc(C)c1C. The van der Waals surface area contributed by atoms with E-state index in [4.69, 9.17) is 11.1 Å². The topological polar surface area (TPSA) is 49.9 Å². The van der Waals surface area contributed by atoms with Gasteiger partial charge >= 0.3 is 0 Å². The minimum Gasteiger partial charge on any atom is -0.384 e. The first-order valence-electron chi connectivity index (χ1n) is 4.51. The number of nitrogens with two attached hydrogens (primary N) is 1. The van der Waals surface area contributed by atoms with Crippen LogP contribution >= 0.6 is 0 Å². The van der Waals surface area contributed by atoms with Gasteiger partial charge in [0.15, 0.2) is 0 Å². The predicted octanol–water partition coefficient (Wildman–Crippen LogP) is 2.15. The van der Waals surface area contributed by atoms with Crippen LogP contribution in [0.2, 0.25) is 0 Å². The van der Waals surface area contributed by atoms with E-state index in [2.05, 4.69) is 20.8 Å². The number of amidine groups is 1. The lowest BCUT2D eigenvalue weighted by Gasteiger charge is -2.11. The van der Waals surface area contributed by atoms with Crippen molar-refractivity contribution in [2.75, 3.05) is 0 Å². The van der Waals surface area contributed by atoms with Gasteiger partial charge in [-0.05, 0) is 37.0 Å². The summed E-state index contributed by atoms with van der Waals surface area (Å²) in [4.78, 5) is 0. The maximum Gasteiger partial charge on any atom is 0.123 e. The van der Waals surface area contributed by atoms with Crippen LogP contribution in [0.5, 0.6) is 0 Å². The lowest BCUT2D eigenvalue weighted by Crippen LogP contribution is -2.14. The van der Waals surface area contributed by atoms with E-state index in [1.54, 1.807) is 0 Å². The van der Waals surface area contributed by atoms with Gasteiger partial charge in [-0.3, -0.25) is 5.41 Å². The summed E-state index contributed by atoms with van der Waals surface area (Å²) < 4.78 is 0. The molecular formula is C11H16N2. The van der Waals surface area contributed by atoms with Crippen LogP contribution < -0.4 is 5.73 Å². The van der Waals surface area contributed by atoms with Crippen LogP contribution in [-0.2, 0) is 6.42 Å². The highest BCUT2D eigenvalue weighted by molar-refractivity contribution is 5.96. The molecule has 0 aromatic heterocycles. The molecule has 1 rings (SSSR count). The number of rotatable bonds is 2. The number of aryl methyl sites for hydroxylation is 1. The molecule has 0 atom stereocenters. The van der Waals surface area contributed by atoms with Crippen LogP contribution in [0.25, 0.3) is 0 Å². The molecule has 13 heavy (non-hydrogen) atoms. The molecule has 0 saturated carbocycles. The van der Waals surface area contributed by atoms with Crippen LogP contribution in [0.15, 0.2) is 12.1 Å². The molecule has 70 valence electrons. The lowest BCUT2D eigenvalue weighted by molar-refractivity contribution is 1.08. The molecule has 0 heterocycles. The third kappa shape index (κ3) is 1.72. The Morgan fingerprint density at radius 2 is 2.00 bits per heavy atom. The molecule has 0 bridgehead atoms. The molecule has 0 spiro atoms. The van der Waals surface area contributed by atoms with Crippen LogP contribution in [-0.4, -0.2) is 5.84 Å². The minimum absolute atomic E-state index is 0.167. The third-order valence-electron chi connectivity index (χ3n) is 2.51. The quantitative estimate of drug-likeness (QED) is 0.526. The smallest absolute Gasteiger partial charge is 0.123 e. The molecule has 0 aliphatic rings. The Morgan fingerprint density at radius 1 is 1.38 bits per heavy atom. The largest absolute Gasteiger partial charge is 0.384 e. The Kier molecular flexibility index (Phi) is 2.71. The molecule has 0 unspecified atom stereocenters. The van der Waals surface area contributed by atoms with Crippen LogP contribution in [0.4, 0.5) is 0 Å². The lowest BCUT2D eigenvalue weighted by atomic mass is 9.95. The van der Waals surface area contributed by atoms with Gasteiger partial charge in [-0.15, -0.1) is 0 Å². The van der Waals surface area contributed by atoms with Crippen LogP contribution in [0, 0.1) is 19.3 Å². The number of hydrogen-bond acceptors (Lipinski definition) is 1. The van der Waals surface area contributed by atoms with Crippen molar-refractivity contribution in [1.29, 1.82) is 5.41 Å². The molecule has 0 aliphatic carbocycles. The van der Waals surface area contributed by atoms with Crippen molar-refractivity contribution in [1.82, 2.24) is 0 Å². The first kappa shape index (κ1) is 9.78. The molecule has 1 aromatic carbocycles. The normalized spacial score (nSPS) is 10.1. The van der Waals surface area contributed by atoms with E-state index in [1.807, 2.05) is 12.1 Å². The van der Waals surface area contributed by atoms with E-state index in [0.29, 0.717) is 0 Å². The van der Waals surface area contributed by atoms with Crippen molar-refractivity contribution >= 4 is 5.84 Å². The van der Waals surface area contributed by atoms with Gasteiger partial charge in [0.25, 0.3) is 0 Å². The zero-order valence-electron chi connectivity index (χ0n) is 8.44. The van der Waals surface area contributed by atoms with Crippen molar-refractivity contribution in [3.63, 3.8) is 0 Å². The average molecular weight is 176 g/mol.